The highest BCUT2D eigenvalue weighted by Gasteiger charge is 2.13. The molecule has 4 heteroatoms. The molecule has 0 aromatic carbocycles. The zero-order valence-corrected chi connectivity index (χ0v) is 40.6. The number of hydrogen-bond acceptors (Lipinski definition) is 4. The van der Waals surface area contributed by atoms with Gasteiger partial charge in [0.1, 0.15) is 6.10 Å². The normalized spacial score (nSPS) is 12.3. The summed E-state index contributed by atoms with van der Waals surface area (Å²) >= 11 is 0. The van der Waals surface area contributed by atoms with Gasteiger partial charge in [-0.05, 0) is 38.5 Å². The average molecular weight is 833 g/mol. The molecule has 0 aliphatic heterocycles. The van der Waals surface area contributed by atoms with Gasteiger partial charge >= 0.3 is 5.97 Å². The molecule has 0 saturated carbocycles. The molecule has 1 atom stereocenters. The van der Waals surface area contributed by atoms with Gasteiger partial charge in [0.05, 0.1) is 13.2 Å². The van der Waals surface area contributed by atoms with E-state index in [1.165, 1.54) is 270 Å². The van der Waals surface area contributed by atoms with Crippen molar-refractivity contribution in [1.29, 1.82) is 0 Å². The summed E-state index contributed by atoms with van der Waals surface area (Å²) in [5.41, 5.74) is 0. The van der Waals surface area contributed by atoms with Crippen LogP contribution in [0.1, 0.15) is 309 Å². The second-order valence-electron chi connectivity index (χ2n) is 18.7. The lowest BCUT2D eigenvalue weighted by Crippen LogP contribution is -2.27. The number of aliphatic hydroxyl groups is 1. The minimum Gasteiger partial charge on any atom is -0.457 e. The monoisotopic (exact) mass is 833 g/mol. The standard InChI is InChI=1S/C55H108O4/c1-3-5-7-9-11-13-15-17-19-21-23-25-27-28-29-30-32-34-36-38-40-42-44-46-48-50-55(57)59-54(52-56)53-58-51-49-47-45-43-41-39-37-35-33-31-26-24-22-20-18-16-14-12-10-8-6-4-2/h21,23,54,56H,3-20,22,24-53H2,1-2H3/b23-21-. The molecule has 0 rings (SSSR count). The van der Waals surface area contributed by atoms with Gasteiger partial charge < -0.3 is 14.6 Å². The molecule has 0 spiro atoms. The number of aliphatic hydroxyl groups excluding tert-OH is 1. The van der Waals surface area contributed by atoms with Gasteiger partial charge in [0.25, 0.3) is 0 Å². The van der Waals surface area contributed by atoms with Gasteiger partial charge in [-0.15, -0.1) is 0 Å². The van der Waals surface area contributed by atoms with E-state index in [1.807, 2.05) is 0 Å². The lowest BCUT2D eigenvalue weighted by molar-refractivity contribution is -0.154. The molecule has 4 nitrogen and oxygen atoms in total. The molecular weight excluding hydrogens is 725 g/mol. The number of ether oxygens (including phenoxy) is 2. The largest absolute Gasteiger partial charge is 0.457 e. The average Bonchev–Trinajstić information content (AvgIpc) is 3.24. The van der Waals surface area contributed by atoms with Crippen LogP contribution in [-0.2, 0) is 14.3 Å². The molecule has 59 heavy (non-hydrogen) atoms. The maximum absolute atomic E-state index is 12.3. The molecule has 0 bridgehead atoms. The van der Waals surface area contributed by atoms with Crippen molar-refractivity contribution in [2.75, 3.05) is 19.8 Å². The second kappa shape index (κ2) is 53.3. The lowest BCUT2D eigenvalue weighted by Gasteiger charge is -2.16. The summed E-state index contributed by atoms with van der Waals surface area (Å²) in [7, 11) is 0. The Kier molecular flexibility index (Phi) is 52.5. The Morgan fingerprint density at radius 1 is 0.390 bits per heavy atom. The number of hydrogen-bond donors (Lipinski definition) is 1. The Morgan fingerprint density at radius 2 is 0.661 bits per heavy atom. The van der Waals surface area contributed by atoms with E-state index >= 15 is 0 Å². The van der Waals surface area contributed by atoms with Crippen LogP contribution in [0.3, 0.4) is 0 Å². The fraction of sp³-hybridized carbons (Fsp3) is 0.945. The van der Waals surface area contributed by atoms with Gasteiger partial charge in [0.15, 0.2) is 0 Å². The minimum atomic E-state index is -0.529. The first-order valence-electron chi connectivity index (χ1n) is 27.3. The summed E-state index contributed by atoms with van der Waals surface area (Å²) in [5, 5.41) is 9.66. The number of carbonyl (C=O) groups excluding carboxylic acids is 1. The van der Waals surface area contributed by atoms with Crippen molar-refractivity contribution in [2.45, 2.75) is 315 Å². The van der Waals surface area contributed by atoms with Crippen molar-refractivity contribution in [3.63, 3.8) is 0 Å². The van der Waals surface area contributed by atoms with Crippen LogP contribution < -0.4 is 0 Å². The molecule has 0 aromatic heterocycles. The van der Waals surface area contributed by atoms with E-state index in [1.54, 1.807) is 0 Å². The zero-order valence-electron chi connectivity index (χ0n) is 40.6. The predicted octanol–water partition coefficient (Wildman–Crippen LogP) is 18.4. The molecular formula is C55H108O4. The van der Waals surface area contributed by atoms with Crippen molar-refractivity contribution < 1.29 is 19.4 Å². The van der Waals surface area contributed by atoms with Crippen LogP contribution in [0.4, 0.5) is 0 Å². The van der Waals surface area contributed by atoms with E-state index in [-0.39, 0.29) is 12.6 Å². The molecule has 0 fully saturated rings. The maximum Gasteiger partial charge on any atom is 0.306 e. The van der Waals surface area contributed by atoms with Crippen LogP contribution in [0.5, 0.6) is 0 Å². The molecule has 0 amide bonds. The van der Waals surface area contributed by atoms with Gasteiger partial charge in [-0.1, -0.05) is 276 Å². The van der Waals surface area contributed by atoms with Crippen LogP contribution in [0.2, 0.25) is 0 Å². The molecule has 0 heterocycles. The summed E-state index contributed by atoms with van der Waals surface area (Å²) in [6, 6.07) is 0. The highest BCUT2D eigenvalue weighted by atomic mass is 16.6. The third-order valence-electron chi connectivity index (χ3n) is 12.6. The van der Waals surface area contributed by atoms with Crippen LogP contribution >= 0.6 is 0 Å². The van der Waals surface area contributed by atoms with Crippen LogP contribution in [0.15, 0.2) is 12.2 Å². The Bertz CT molecular complexity index is 796. The summed E-state index contributed by atoms with van der Waals surface area (Å²) in [4.78, 5) is 12.3. The van der Waals surface area contributed by atoms with Crippen molar-refractivity contribution in [1.82, 2.24) is 0 Å². The van der Waals surface area contributed by atoms with E-state index in [0.717, 1.165) is 19.3 Å². The molecule has 0 aliphatic rings. The number of carbonyl (C=O) groups is 1. The van der Waals surface area contributed by atoms with Crippen molar-refractivity contribution in [2.24, 2.45) is 0 Å². The Balaban J connectivity index is 3.34. The van der Waals surface area contributed by atoms with E-state index in [2.05, 4.69) is 26.0 Å². The third kappa shape index (κ3) is 51.4. The molecule has 1 unspecified atom stereocenters. The quantitative estimate of drug-likeness (QED) is 0.0377. The van der Waals surface area contributed by atoms with Crippen molar-refractivity contribution >= 4 is 5.97 Å². The van der Waals surface area contributed by atoms with Crippen molar-refractivity contribution in [3.05, 3.63) is 12.2 Å². The third-order valence-corrected chi connectivity index (χ3v) is 12.6. The molecule has 0 radical (unpaired) electrons. The highest BCUT2D eigenvalue weighted by Crippen LogP contribution is 2.17. The van der Waals surface area contributed by atoms with Crippen LogP contribution in [0.25, 0.3) is 0 Å². The maximum atomic E-state index is 12.3. The van der Waals surface area contributed by atoms with E-state index in [4.69, 9.17) is 9.47 Å². The van der Waals surface area contributed by atoms with Gasteiger partial charge in [0.2, 0.25) is 0 Å². The fourth-order valence-corrected chi connectivity index (χ4v) is 8.50. The minimum absolute atomic E-state index is 0.165. The zero-order chi connectivity index (χ0) is 42.6. The van der Waals surface area contributed by atoms with E-state index < -0.39 is 6.10 Å². The van der Waals surface area contributed by atoms with Crippen molar-refractivity contribution in [3.8, 4) is 0 Å². The van der Waals surface area contributed by atoms with E-state index in [0.29, 0.717) is 19.6 Å². The highest BCUT2D eigenvalue weighted by molar-refractivity contribution is 5.69. The molecule has 1 N–H and O–H groups in total. The summed E-state index contributed by atoms with van der Waals surface area (Å²) in [6.45, 7) is 5.41. The number of rotatable bonds is 52. The first-order valence-corrected chi connectivity index (χ1v) is 27.3. The first-order chi connectivity index (χ1) is 29.2. The van der Waals surface area contributed by atoms with Gasteiger partial charge in [-0.2, -0.15) is 0 Å². The smallest absolute Gasteiger partial charge is 0.306 e. The van der Waals surface area contributed by atoms with E-state index in [9.17, 15) is 9.90 Å². The summed E-state index contributed by atoms with van der Waals surface area (Å²) in [5.74, 6) is -0.192. The fourth-order valence-electron chi connectivity index (χ4n) is 8.50. The Morgan fingerprint density at radius 3 is 0.966 bits per heavy atom. The first kappa shape index (κ1) is 58.1. The number of unbranched alkanes of at least 4 members (excludes halogenated alkanes) is 42. The SMILES string of the molecule is CCCCCCCCCC/C=C\CCCCCCCCCCCCCCCC(=O)OC(CO)COCCCCCCCCCCCCCCCCCCCCCCCC. The van der Waals surface area contributed by atoms with Gasteiger partial charge in [-0.25, -0.2) is 0 Å². The van der Waals surface area contributed by atoms with Crippen LogP contribution in [-0.4, -0.2) is 37.0 Å². The summed E-state index contributed by atoms with van der Waals surface area (Å²) in [6.07, 6.45) is 66.1. The Hall–Kier alpha value is -0.870. The van der Waals surface area contributed by atoms with Crippen LogP contribution in [0, 0.1) is 0 Å². The molecule has 352 valence electrons. The number of allylic oxidation sites excluding steroid dienone is 2. The molecule has 0 aromatic rings. The molecule has 0 saturated heterocycles. The Labute approximate surface area is 371 Å². The van der Waals surface area contributed by atoms with Gasteiger partial charge in [0, 0.05) is 13.0 Å². The lowest BCUT2D eigenvalue weighted by atomic mass is 10.0. The second-order valence-corrected chi connectivity index (χ2v) is 18.7. The topological polar surface area (TPSA) is 55.8 Å². The van der Waals surface area contributed by atoms with Gasteiger partial charge in [-0.3, -0.25) is 4.79 Å². The summed E-state index contributed by atoms with van der Waals surface area (Å²) < 4.78 is 11.2. The molecule has 0 aliphatic carbocycles. The predicted molar refractivity (Wildman–Crippen MR) is 261 cm³/mol. The number of esters is 1.